The first-order valence-corrected chi connectivity index (χ1v) is 7.89. The number of nitrogens with one attached hydrogen (secondary N) is 2. The summed E-state index contributed by atoms with van der Waals surface area (Å²) in [4.78, 5) is 16.5. The van der Waals surface area contributed by atoms with E-state index in [1.165, 1.54) is 0 Å². The smallest absolute Gasteiger partial charge is 0.251 e. The number of carbonyl (C=O) groups excluding carboxylic acids is 1. The van der Waals surface area contributed by atoms with Gasteiger partial charge >= 0.3 is 0 Å². The molecule has 2 atom stereocenters. The van der Waals surface area contributed by atoms with Crippen LogP contribution in [0.3, 0.4) is 0 Å². The number of nitrogens with zero attached hydrogens (tertiary/aromatic N) is 1. The van der Waals surface area contributed by atoms with Gasteiger partial charge in [-0.2, -0.15) is 0 Å². The third-order valence-electron chi connectivity index (χ3n) is 3.87. The lowest BCUT2D eigenvalue weighted by Crippen LogP contribution is -2.42. The Morgan fingerprint density at radius 2 is 2.19 bits per heavy atom. The van der Waals surface area contributed by atoms with E-state index in [0.29, 0.717) is 11.4 Å². The first kappa shape index (κ1) is 15.8. The molecule has 1 aromatic heterocycles. The second-order valence-corrected chi connectivity index (χ2v) is 5.64. The molecule has 0 radical (unpaired) electrons. The quantitative estimate of drug-likeness (QED) is 0.728. The molecule has 0 spiro atoms. The molecule has 0 bridgehead atoms. The molecule has 116 valence electrons. The van der Waals surface area contributed by atoms with Gasteiger partial charge in [-0.1, -0.05) is 26.2 Å². The molecule has 1 fully saturated rings. The van der Waals surface area contributed by atoms with Gasteiger partial charge in [0.2, 0.25) is 0 Å². The van der Waals surface area contributed by atoms with Crippen LogP contribution in [0.2, 0.25) is 0 Å². The highest BCUT2D eigenvalue weighted by atomic mass is 16.3. The normalized spacial score (nSPS) is 22.4. The standard InChI is InChI=1S/C16H25N3O2/c1-2-9-17-15-11-12(8-10-18-15)16(21)19-13-6-4-3-5-7-14(13)20/h8,10-11,13-14,20H,2-7,9H2,1H3,(H,17,18)(H,19,21). The van der Waals surface area contributed by atoms with Crippen molar-refractivity contribution in [1.82, 2.24) is 10.3 Å². The molecule has 1 amide bonds. The molecular formula is C16H25N3O2. The molecule has 0 aromatic carbocycles. The van der Waals surface area contributed by atoms with Crippen molar-refractivity contribution in [3.05, 3.63) is 23.9 Å². The van der Waals surface area contributed by atoms with Crippen molar-refractivity contribution in [2.45, 2.75) is 57.6 Å². The minimum atomic E-state index is -0.434. The summed E-state index contributed by atoms with van der Waals surface area (Å²) >= 11 is 0. The van der Waals surface area contributed by atoms with Crippen LogP contribution in [-0.2, 0) is 0 Å². The predicted molar refractivity (Wildman–Crippen MR) is 83.4 cm³/mol. The Labute approximate surface area is 126 Å². The van der Waals surface area contributed by atoms with Crippen LogP contribution in [-0.4, -0.2) is 34.7 Å². The van der Waals surface area contributed by atoms with Gasteiger partial charge in [0.05, 0.1) is 12.1 Å². The van der Waals surface area contributed by atoms with Gasteiger partial charge in [-0.15, -0.1) is 0 Å². The van der Waals surface area contributed by atoms with Gasteiger partial charge in [0, 0.05) is 18.3 Å². The van der Waals surface area contributed by atoms with Crippen molar-refractivity contribution in [2.24, 2.45) is 0 Å². The number of anilines is 1. The van der Waals surface area contributed by atoms with Crippen molar-refractivity contribution in [2.75, 3.05) is 11.9 Å². The van der Waals surface area contributed by atoms with E-state index in [4.69, 9.17) is 0 Å². The molecule has 1 aliphatic carbocycles. The summed E-state index contributed by atoms with van der Waals surface area (Å²) in [5, 5.41) is 16.2. The van der Waals surface area contributed by atoms with Gasteiger partial charge in [0.1, 0.15) is 5.82 Å². The summed E-state index contributed by atoms with van der Waals surface area (Å²) in [6.07, 6.45) is 7.04. The molecule has 0 aliphatic heterocycles. The molecule has 1 saturated carbocycles. The summed E-state index contributed by atoms with van der Waals surface area (Å²) in [5.74, 6) is 0.578. The van der Waals surface area contributed by atoms with Crippen LogP contribution in [0.15, 0.2) is 18.3 Å². The Hall–Kier alpha value is -1.62. The average molecular weight is 291 g/mol. The number of amides is 1. The lowest BCUT2D eigenvalue weighted by molar-refractivity contribution is 0.0818. The Morgan fingerprint density at radius 1 is 1.38 bits per heavy atom. The summed E-state index contributed by atoms with van der Waals surface area (Å²) in [7, 11) is 0. The van der Waals surface area contributed by atoms with Crippen molar-refractivity contribution in [1.29, 1.82) is 0 Å². The van der Waals surface area contributed by atoms with Crippen LogP contribution in [0.25, 0.3) is 0 Å². The zero-order valence-corrected chi connectivity index (χ0v) is 12.6. The largest absolute Gasteiger partial charge is 0.391 e. The van der Waals surface area contributed by atoms with Gasteiger partial charge < -0.3 is 15.7 Å². The minimum Gasteiger partial charge on any atom is -0.391 e. The number of hydrogen-bond donors (Lipinski definition) is 3. The van der Waals surface area contributed by atoms with Crippen molar-refractivity contribution in [3.8, 4) is 0 Å². The van der Waals surface area contributed by atoms with Crippen molar-refractivity contribution in [3.63, 3.8) is 0 Å². The monoisotopic (exact) mass is 291 g/mol. The summed E-state index contributed by atoms with van der Waals surface area (Å²) in [6, 6.07) is 3.32. The highest BCUT2D eigenvalue weighted by Gasteiger charge is 2.23. The van der Waals surface area contributed by atoms with E-state index >= 15 is 0 Å². The molecular weight excluding hydrogens is 266 g/mol. The van der Waals surface area contributed by atoms with E-state index in [1.54, 1.807) is 18.3 Å². The third kappa shape index (κ3) is 4.70. The van der Waals surface area contributed by atoms with Crippen LogP contribution in [0.1, 0.15) is 55.8 Å². The van der Waals surface area contributed by atoms with Crippen molar-refractivity contribution < 1.29 is 9.90 Å². The maximum Gasteiger partial charge on any atom is 0.251 e. The number of aliphatic hydroxyl groups is 1. The zero-order chi connectivity index (χ0) is 15.1. The Kier molecular flexibility index (Phi) is 5.99. The summed E-state index contributed by atoms with van der Waals surface area (Å²) in [5.41, 5.74) is 0.583. The molecule has 1 aromatic rings. The predicted octanol–water partition coefficient (Wildman–Crippen LogP) is 2.33. The molecule has 1 heterocycles. The van der Waals surface area contributed by atoms with Gasteiger partial charge in [0.15, 0.2) is 0 Å². The van der Waals surface area contributed by atoms with Gasteiger partial charge in [-0.3, -0.25) is 4.79 Å². The molecule has 2 unspecified atom stereocenters. The number of pyridine rings is 1. The molecule has 1 aliphatic rings. The SMILES string of the molecule is CCCNc1cc(C(=O)NC2CCCCCC2O)ccn1. The van der Waals surface area contributed by atoms with Gasteiger partial charge in [-0.05, 0) is 31.4 Å². The van der Waals surface area contributed by atoms with E-state index in [0.717, 1.165) is 45.1 Å². The lowest BCUT2D eigenvalue weighted by atomic mass is 10.1. The Bertz CT molecular complexity index is 465. The highest BCUT2D eigenvalue weighted by Crippen LogP contribution is 2.18. The van der Waals surface area contributed by atoms with E-state index in [9.17, 15) is 9.90 Å². The Balaban J connectivity index is 1.98. The fourth-order valence-corrected chi connectivity index (χ4v) is 2.63. The second-order valence-electron chi connectivity index (χ2n) is 5.64. The number of aromatic nitrogens is 1. The topological polar surface area (TPSA) is 74.2 Å². The fraction of sp³-hybridized carbons (Fsp3) is 0.625. The van der Waals surface area contributed by atoms with Crippen LogP contribution in [0, 0.1) is 0 Å². The maximum absolute atomic E-state index is 12.3. The summed E-state index contributed by atoms with van der Waals surface area (Å²) in [6.45, 7) is 2.91. The molecule has 3 N–H and O–H groups in total. The minimum absolute atomic E-state index is 0.136. The number of hydrogen-bond acceptors (Lipinski definition) is 4. The van der Waals surface area contributed by atoms with Crippen LogP contribution in [0.4, 0.5) is 5.82 Å². The van der Waals surface area contributed by atoms with Crippen LogP contribution < -0.4 is 10.6 Å². The molecule has 5 nitrogen and oxygen atoms in total. The second kappa shape index (κ2) is 7.98. The fourth-order valence-electron chi connectivity index (χ4n) is 2.63. The van der Waals surface area contributed by atoms with Gasteiger partial charge in [-0.25, -0.2) is 4.98 Å². The third-order valence-corrected chi connectivity index (χ3v) is 3.87. The molecule has 5 heteroatoms. The average Bonchev–Trinajstić information content (AvgIpc) is 2.70. The number of rotatable bonds is 5. The van der Waals surface area contributed by atoms with Crippen LogP contribution >= 0.6 is 0 Å². The first-order valence-electron chi connectivity index (χ1n) is 7.89. The number of carbonyl (C=O) groups is 1. The van der Waals surface area contributed by atoms with E-state index < -0.39 is 6.10 Å². The van der Waals surface area contributed by atoms with Crippen molar-refractivity contribution >= 4 is 11.7 Å². The lowest BCUT2D eigenvalue weighted by Gasteiger charge is -2.21. The molecule has 2 rings (SSSR count). The maximum atomic E-state index is 12.3. The first-order chi connectivity index (χ1) is 10.2. The molecule has 0 saturated heterocycles. The zero-order valence-electron chi connectivity index (χ0n) is 12.6. The highest BCUT2D eigenvalue weighted by molar-refractivity contribution is 5.95. The van der Waals surface area contributed by atoms with E-state index in [1.807, 2.05) is 0 Å². The molecule has 21 heavy (non-hydrogen) atoms. The van der Waals surface area contributed by atoms with Gasteiger partial charge in [0.25, 0.3) is 5.91 Å². The van der Waals surface area contributed by atoms with E-state index in [-0.39, 0.29) is 11.9 Å². The summed E-state index contributed by atoms with van der Waals surface area (Å²) < 4.78 is 0. The van der Waals surface area contributed by atoms with Crippen LogP contribution in [0.5, 0.6) is 0 Å². The number of aliphatic hydroxyl groups excluding tert-OH is 1. The Morgan fingerprint density at radius 3 is 3.00 bits per heavy atom. The van der Waals surface area contributed by atoms with E-state index in [2.05, 4.69) is 22.5 Å².